The second-order valence-electron chi connectivity index (χ2n) is 7.69. The summed E-state index contributed by atoms with van der Waals surface area (Å²) >= 11 is 0. The molecule has 10 nitrogen and oxygen atoms in total. The number of nitrogens with one attached hydrogen (secondary N) is 1. The van der Waals surface area contributed by atoms with Crippen molar-refractivity contribution in [2.24, 2.45) is 5.92 Å². The molecule has 168 valence electrons. The Morgan fingerprint density at radius 1 is 1.26 bits per heavy atom. The lowest BCUT2D eigenvalue weighted by molar-refractivity contribution is -0.384. The third-order valence-corrected chi connectivity index (χ3v) is 7.32. The molecule has 11 heteroatoms. The molecule has 1 aliphatic rings. The molecule has 1 aromatic carbocycles. The first-order valence-electron chi connectivity index (χ1n) is 10.3. The highest BCUT2D eigenvalue weighted by atomic mass is 32.2. The van der Waals surface area contributed by atoms with E-state index in [0.29, 0.717) is 49.6 Å². The first-order chi connectivity index (χ1) is 14.7. The lowest BCUT2D eigenvalue weighted by atomic mass is 9.97. The van der Waals surface area contributed by atoms with Gasteiger partial charge in [-0.05, 0) is 38.3 Å². The van der Waals surface area contributed by atoms with Crippen molar-refractivity contribution in [2.45, 2.75) is 39.5 Å². The highest BCUT2D eigenvalue weighted by Crippen LogP contribution is 2.24. The van der Waals surface area contributed by atoms with Crippen molar-refractivity contribution >= 4 is 27.4 Å². The number of unbranched alkanes of at least 4 members (excludes halogenated alkanes) is 1. The van der Waals surface area contributed by atoms with Gasteiger partial charge >= 0.3 is 0 Å². The Balaban J connectivity index is 1.66. The molecule has 0 atom stereocenters. The zero-order chi connectivity index (χ0) is 22.6. The molecular formula is C20H27N5O5S. The lowest BCUT2D eigenvalue weighted by Gasteiger charge is -2.30. The fourth-order valence-electron chi connectivity index (χ4n) is 3.58. The number of rotatable bonds is 8. The fraction of sp³-hybridized carbons (Fsp3) is 0.500. The fourth-order valence-corrected chi connectivity index (χ4v) is 5.26. The van der Waals surface area contributed by atoms with E-state index in [1.165, 1.54) is 21.1 Å². The molecule has 0 spiro atoms. The van der Waals surface area contributed by atoms with Crippen molar-refractivity contribution in [1.82, 2.24) is 14.1 Å². The van der Waals surface area contributed by atoms with Crippen LogP contribution in [-0.4, -0.2) is 52.2 Å². The summed E-state index contributed by atoms with van der Waals surface area (Å²) in [6, 6.07) is 7.63. The average Bonchev–Trinajstić information content (AvgIpc) is 3.12. The summed E-state index contributed by atoms with van der Waals surface area (Å²) < 4.78 is 27.7. The van der Waals surface area contributed by atoms with Gasteiger partial charge in [-0.2, -0.15) is 5.10 Å². The van der Waals surface area contributed by atoms with Crippen molar-refractivity contribution in [2.75, 3.05) is 24.2 Å². The molecule has 1 fully saturated rings. The number of benzene rings is 1. The molecular weight excluding hydrogens is 422 g/mol. The van der Waals surface area contributed by atoms with E-state index in [0.717, 1.165) is 6.42 Å². The van der Waals surface area contributed by atoms with Gasteiger partial charge in [0.15, 0.2) is 0 Å². The minimum atomic E-state index is -3.26. The Morgan fingerprint density at radius 2 is 1.90 bits per heavy atom. The first-order valence-corrected chi connectivity index (χ1v) is 11.9. The van der Waals surface area contributed by atoms with E-state index < -0.39 is 14.9 Å². The number of hydrogen-bond donors (Lipinski definition) is 1. The van der Waals surface area contributed by atoms with Crippen LogP contribution in [0.2, 0.25) is 0 Å². The van der Waals surface area contributed by atoms with E-state index in [1.54, 1.807) is 25.1 Å². The number of carbonyl (C=O) groups excluding carboxylic acids is 1. The maximum atomic E-state index is 12.8. The van der Waals surface area contributed by atoms with Crippen LogP contribution in [0, 0.1) is 23.0 Å². The summed E-state index contributed by atoms with van der Waals surface area (Å²) in [6.07, 6.45) is 2.37. The number of nitrogens with zero attached hydrogens (tertiary/aromatic N) is 4. The topological polar surface area (TPSA) is 127 Å². The lowest BCUT2D eigenvalue weighted by Crippen LogP contribution is -2.42. The van der Waals surface area contributed by atoms with Gasteiger partial charge in [0.25, 0.3) is 5.69 Å². The number of amides is 1. The Morgan fingerprint density at radius 3 is 2.48 bits per heavy atom. The highest BCUT2D eigenvalue weighted by Gasteiger charge is 2.31. The molecule has 1 N–H and O–H groups in total. The summed E-state index contributed by atoms with van der Waals surface area (Å²) in [6.45, 7) is 4.42. The van der Waals surface area contributed by atoms with Gasteiger partial charge in [0.2, 0.25) is 15.9 Å². The van der Waals surface area contributed by atoms with E-state index in [-0.39, 0.29) is 23.3 Å². The van der Waals surface area contributed by atoms with Gasteiger partial charge in [0, 0.05) is 37.2 Å². The van der Waals surface area contributed by atoms with E-state index >= 15 is 0 Å². The third kappa shape index (κ3) is 5.47. The summed E-state index contributed by atoms with van der Waals surface area (Å²) in [5, 5.41) is 18.1. The van der Waals surface area contributed by atoms with Crippen molar-refractivity contribution in [3.63, 3.8) is 0 Å². The molecule has 0 saturated carbocycles. The van der Waals surface area contributed by atoms with E-state index in [4.69, 9.17) is 0 Å². The summed E-state index contributed by atoms with van der Waals surface area (Å²) in [7, 11) is -3.26. The molecule has 2 heterocycles. The second kappa shape index (κ2) is 9.56. The van der Waals surface area contributed by atoms with E-state index in [9.17, 15) is 23.3 Å². The molecule has 3 rings (SSSR count). The van der Waals surface area contributed by atoms with Gasteiger partial charge in [-0.1, -0.05) is 13.3 Å². The van der Waals surface area contributed by atoms with E-state index in [2.05, 4.69) is 10.4 Å². The SMILES string of the molecule is CCCCS(=O)(=O)N1CCC(C(=O)Nc2cc(C)nn2-c2ccc([N+](=O)[O-])cc2)CC1. The van der Waals surface area contributed by atoms with Gasteiger partial charge < -0.3 is 5.32 Å². The predicted molar refractivity (Wildman–Crippen MR) is 117 cm³/mol. The van der Waals surface area contributed by atoms with Gasteiger partial charge in [0.1, 0.15) is 5.82 Å². The van der Waals surface area contributed by atoms with Crippen LogP contribution in [0.25, 0.3) is 5.69 Å². The van der Waals surface area contributed by atoms with Crippen LogP contribution < -0.4 is 5.32 Å². The molecule has 0 aliphatic carbocycles. The van der Waals surface area contributed by atoms with Gasteiger partial charge in [0.05, 0.1) is 22.1 Å². The smallest absolute Gasteiger partial charge is 0.269 e. The summed E-state index contributed by atoms with van der Waals surface area (Å²) in [4.78, 5) is 23.2. The van der Waals surface area contributed by atoms with Crippen LogP contribution in [0.3, 0.4) is 0 Å². The number of sulfonamides is 1. The molecule has 2 aromatic rings. The highest BCUT2D eigenvalue weighted by molar-refractivity contribution is 7.89. The number of anilines is 1. The molecule has 1 aliphatic heterocycles. The molecule has 0 radical (unpaired) electrons. The Kier molecular flexibility index (Phi) is 7.06. The maximum Gasteiger partial charge on any atom is 0.269 e. The maximum absolute atomic E-state index is 12.8. The Hall–Kier alpha value is -2.79. The van der Waals surface area contributed by atoms with Crippen molar-refractivity contribution in [1.29, 1.82) is 0 Å². The van der Waals surface area contributed by atoms with Crippen LogP contribution in [0.5, 0.6) is 0 Å². The molecule has 1 saturated heterocycles. The average molecular weight is 450 g/mol. The van der Waals surface area contributed by atoms with Crippen LogP contribution in [0.1, 0.15) is 38.3 Å². The summed E-state index contributed by atoms with van der Waals surface area (Å²) in [5.41, 5.74) is 1.25. The van der Waals surface area contributed by atoms with Crippen LogP contribution in [0.15, 0.2) is 30.3 Å². The quantitative estimate of drug-likeness (QED) is 0.488. The molecule has 1 amide bonds. The van der Waals surface area contributed by atoms with E-state index in [1.807, 2.05) is 6.92 Å². The largest absolute Gasteiger partial charge is 0.310 e. The zero-order valence-electron chi connectivity index (χ0n) is 17.7. The monoisotopic (exact) mass is 449 g/mol. The predicted octanol–water partition coefficient (Wildman–Crippen LogP) is 2.87. The number of aromatic nitrogens is 2. The number of piperidine rings is 1. The normalized spacial score (nSPS) is 15.7. The van der Waals surface area contributed by atoms with Crippen molar-refractivity contribution in [3.8, 4) is 5.69 Å². The minimum Gasteiger partial charge on any atom is -0.310 e. The zero-order valence-corrected chi connectivity index (χ0v) is 18.5. The van der Waals surface area contributed by atoms with Crippen LogP contribution in [-0.2, 0) is 14.8 Å². The number of hydrogen-bond acceptors (Lipinski definition) is 6. The van der Waals surface area contributed by atoms with Gasteiger partial charge in [-0.3, -0.25) is 14.9 Å². The number of carbonyl (C=O) groups is 1. The molecule has 31 heavy (non-hydrogen) atoms. The third-order valence-electron chi connectivity index (χ3n) is 5.36. The van der Waals surface area contributed by atoms with Gasteiger partial charge in [-0.15, -0.1) is 0 Å². The molecule has 0 unspecified atom stereocenters. The minimum absolute atomic E-state index is 0.0288. The second-order valence-corrected chi connectivity index (χ2v) is 9.78. The number of non-ortho nitro benzene ring substituents is 1. The summed E-state index contributed by atoms with van der Waals surface area (Å²) in [5.74, 6) is 0.134. The van der Waals surface area contributed by atoms with Crippen molar-refractivity contribution in [3.05, 3.63) is 46.1 Å². The Bertz CT molecular complexity index is 1040. The Labute approximate surface area is 181 Å². The van der Waals surface area contributed by atoms with Crippen molar-refractivity contribution < 1.29 is 18.1 Å². The van der Waals surface area contributed by atoms with Crippen LogP contribution in [0.4, 0.5) is 11.5 Å². The number of aryl methyl sites for hydroxylation is 1. The molecule has 0 bridgehead atoms. The number of nitro groups is 1. The number of nitro benzene ring substituents is 1. The molecule has 1 aromatic heterocycles. The first kappa shape index (κ1) is 22.9. The standard InChI is InChI=1S/C20H27N5O5S/c1-3-4-13-31(29,30)23-11-9-16(10-12-23)20(26)21-19-14-15(2)22-24(19)17-5-7-18(8-6-17)25(27)28/h5-8,14,16H,3-4,9-13H2,1-2H3,(H,21,26). The van der Waals surface area contributed by atoms with Crippen LogP contribution >= 0.6 is 0 Å². The van der Waals surface area contributed by atoms with Gasteiger partial charge in [-0.25, -0.2) is 17.4 Å².